The summed E-state index contributed by atoms with van der Waals surface area (Å²) < 4.78 is 0. The van der Waals surface area contributed by atoms with Crippen LogP contribution in [0.15, 0.2) is 48.6 Å². The summed E-state index contributed by atoms with van der Waals surface area (Å²) in [5.74, 6) is -2.73. The molecular formula is C12H9NaO3. The molecule has 0 spiro atoms. The van der Waals surface area contributed by atoms with Crippen LogP contribution in [0.25, 0.3) is 6.08 Å². The molecule has 0 aliphatic heterocycles. The van der Waals surface area contributed by atoms with Gasteiger partial charge in [0.2, 0.25) is 5.78 Å². The van der Waals surface area contributed by atoms with Gasteiger partial charge in [-0.3, -0.25) is 4.79 Å². The Labute approximate surface area is 116 Å². The maximum atomic E-state index is 10.6. The zero-order valence-corrected chi connectivity index (χ0v) is 10.9. The van der Waals surface area contributed by atoms with Gasteiger partial charge < -0.3 is 9.90 Å². The Kier molecular flexibility index (Phi) is 7.46. The van der Waals surface area contributed by atoms with Crippen molar-refractivity contribution in [2.24, 2.45) is 0 Å². The molecule has 1 rings (SSSR count). The van der Waals surface area contributed by atoms with Crippen LogP contribution >= 0.6 is 0 Å². The van der Waals surface area contributed by atoms with Crippen LogP contribution in [0.1, 0.15) is 5.56 Å². The quantitative estimate of drug-likeness (QED) is 0.247. The first-order chi connectivity index (χ1) is 7.20. The van der Waals surface area contributed by atoms with Gasteiger partial charge in [0, 0.05) is 0 Å². The van der Waals surface area contributed by atoms with E-state index in [1.54, 1.807) is 12.2 Å². The Morgan fingerprint density at radius 2 is 1.69 bits per heavy atom. The molecule has 16 heavy (non-hydrogen) atoms. The van der Waals surface area contributed by atoms with Gasteiger partial charge in [0.05, 0.1) is 0 Å². The molecule has 0 unspecified atom stereocenters. The van der Waals surface area contributed by atoms with Crippen LogP contribution in [0.2, 0.25) is 0 Å². The number of rotatable bonds is 4. The molecule has 0 saturated heterocycles. The fourth-order valence-corrected chi connectivity index (χ4v) is 0.942. The average Bonchev–Trinajstić information content (AvgIpc) is 2.25. The molecule has 0 heterocycles. The molecule has 0 radical (unpaired) electrons. The molecule has 1 aromatic carbocycles. The predicted octanol–water partition coefficient (Wildman–Crippen LogP) is -2.42. The minimum absolute atomic E-state index is 0. The second-order valence-electron chi connectivity index (χ2n) is 2.78. The van der Waals surface area contributed by atoms with Crippen molar-refractivity contribution in [2.45, 2.75) is 0 Å². The van der Waals surface area contributed by atoms with Gasteiger partial charge >= 0.3 is 29.6 Å². The van der Waals surface area contributed by atoms with Gasteiger partial charge in [0.1, 0.15) is 5.97 Å². The van der Waals surface area contributed by atoms with E-state index < -0.39 is 11.8 Å². The number of carbonyl (C=O) groups excluding carboxylic acids is 2. The van der Waals surface area contributed by atoms with E-state index >= 15 is 0 Å². The largest absolute Gasteiger partial charge is 1.00 e. The number of ketones is 1. The molecule has 0 aliphatic rings. The van der Waals surface area contributed by atoms with E-state index in [0.717, 1.165) is 11.6 Å². The summed E-state index contributed by atoms with van der Waals surface area (Å²) in [6.07, 6.45) is 5.68. The van der Waals surface area contributed by atoms with Crippen LogP contribution in [0.4, 0.5) is 0 Å². The molecule has 3 nitrogen and oxygen atoms in total. The molecule has 0 amide bonds. The van der Waals surface area contributed by atoms with Gasteiger partial charge in [-0.25, -0.2) is 0 Å². The SMILES string of the molecule is O=C([O-])C(=O)C=CC=Cc1ccccc1.[Na+]. The van der Waals surface area contributed by atoms with E-state index in [0.29, 0.717) is 0 Å². The topological polar surface area (TPSA) is 57.2 Å². The number of hydrogen-bond acceptors (Lipinski definition) is 3. The second kappa shape index (κ2) is 8.05. The zero-order chi connectivity index (χ0) is 11.1. The van der Waals surface area contributed by atoms with E-state index in [9.17, 15) is 14.7 Å². The van der Waals surface area contributed by atoms with Crippen LogP contribution in [-0.4, -0.2) is 11.8 Å². The van der Waals surface area contributed by atoms with Crippen molar-refractivity contribution in [3.63, 3.8) is 0 Å². The van der Waals surface area contributed by atoms with E-state index in [1.807, 2.05) is 30.3 Å². The van der Waals surface area contributed by atoms with Gasteiger partial charge in [0.15, 0.2) is 0 Å². The van der Waals surface area contributed by atoms with Gasteiger partial charge in [-0.1, -0.05) is 48.6 Å². The molecule has 76 valence electrons. The molecule has 4 heteroatoms. The Hall–Kier alpha value is -1.16. The van der Waals surface area contributed by atoms with Crippen molar-refractivity contribution in [1.29, 1.82) is 0 Å². The summed E-state index contributed by atoms with van der Waals surface area (Å²) in [6.45, 7) is 0. The number of hydrogen-bond donors (Lipinski definition) is 0. The number of carboxylic acid groups (broad SMARTS) is 1. The fourth-order valence-electron chi connectivity index (χ4n) is 0.942. The summed E-state index contributed by atoms with van der Waals surface area (Å²) in [5, 5.41) is 10.0. The van der Waals surface area contributed by atoms with Crippen LogP contribution in [0.5, 0.6) is 0 Å². The molecule has 0 fully saturated rings. The fraction of sp³-hybridized carbons (Fsp3) is 0. The van der Waals surface area contributed by atoms with Crippen molar-refractivity contribution in [3.05, 3.63) is 54.1 Å². The van der Waals surface area contributed by atoms with Gasteiger partial charge in [0.25, 0.3) is 0 Å². The summed E-state index contributed by atoms with van der Waals surface area (Å²) in [6, 6.07) is 9.45. The second-order valence-corrected chi connectivity index (χ2v) is 2.78. The molecule has 0 aliphatic carbocycles. The molecule has 0 atom stereocenters. The first-order valence-electron chi connectivity index (χ1n) is 4.35. The molecular weight excluding hydrogens is 215 g/mol. The number of carbonyl (C=O) groups is 2. The summed E-state index contributed by atoms with van der Waals surface area (Å²) in [4.78, 5) is 20.6. The van der Waals surface area contributed by atoms with Crippen molar-refractivity contribution >= 4 is 17.8 Å². The van der Waals surface area contributed by atoms with E-state index in [1.165, 1.54) is 6.08 Å². The minimum Gasteiger partial charge on any atom is -0.541 e. The first kappa shape index (κ1) is 14.8. The van der Waals surface area contributed by atoms with Crippen molar-refractivity contribution in [3.8, 4) is 0 Å². The third-order valence-electron chi connectivity index (χ3n) is 1.65. The summed E-state index contributed by atoms with van der Waals surface area (Å²) >= 11 is 0. The molecule has 0 N–H and O–H groups in total. The number of carboxylic acids is 1. The Balaban J connectivity index is 0.00000225. The molecule has 1 aromatic rings. The third kappa shape index (κ3) is 5.66. The standard InChI is InChI=1S/C12H10O3.Na/c13-11(12(14)15)9-5-4-8-10-6-2-1-3-7-10;/h1-9H,(H,14,15);/q;+1/p-1. The third-order valence-corrected chi connectivity index (χ3v) is 1.65. The van der Waals surface area contributed by atoms with Crippen LogP contribution in [0, 0.1) is 0 Å². The Morgan fingerprint density at radius 1 is 1.06 bits per heavy atom. The van der Waals surface area contributed by atoms with Gasteiger partial charge in [-0.15, -0.1) is 0 Å². The van der Waals surface area contributed by atoms with E-state index in [4.69, 9.17) is 0 Å². The molecule has 0 bridgehead atoms. The summed E-state index contributed by atoms with van der Waals surface area (Å²) in [5.41, 5.74) is 0.975. The summed E-state index contributed by atoms with van der Waals surface area (Å²) in [7, 11) is 0. The van der Waals surface area contributed by atoms with Crippen molar-refractivity contribution in [2.75, 3.05) is 0 Å². The number of allylic oxidation sites excluding steroid dienone is 2. The maximum Gasteiger partial charge on any atom is 1.00 e. The van der Waals surface area contributed by atoms with Gasteiger partial charge in [-0.2, -0.15) is 0 Å². The molecule has 0 aromatic heterocycles. The average molecular weight is 224 g/mol. The van der Waals surface area contributed by atoms with Gasteiger partial charge in [-0.05, 0) is 11.6 Å². The van der Waals surface area contributed by atoms with Crippen LogP contribution in [-0.2, 0) is 9.59 Å². The van der Waals surface area contributed by atoms with Crippen molar-refractivity contribution in [1.82, 2.24) is 0 Å². The first-order valence-corrected chi connectivity index (χ1v) is 4.35. The van der Waals surface area contributed by atoms with E-state index in [-0.39, 0.29) is 29.6 Å². The Bertz CT molecular complexity index is 408. The normalized spacial score (nSPS) is 10.2. The smallest absolute Gasteiger partial charge is 0.541 e. The molecule has 0 saturated carbocycles. The number of benzene rings is 1. The van der Waals surface area contributed by atoms with Crippen LogP contribution in [0.3, 0.4) is 0 Å². The van der Waals surface area contributed by atoms with Crippen molar-refractivity contribution < 1.29 is 44.3 Å². The van der Waals surface area contributed by atoms with Crippen LogP contribution < -0.4 is 34.7 Å². The predicted molar refractivity (Wildman–Crippen MR) is 54.6 cm³/mol. The zero-order valence-electron chi connectivity index (χ0n) is 8.92. The minimum atomic E-state index is -1.70. The monoisotopic (exact) mass is 224 g/mol. The Morgan fingerprint density at radius 3 is 2.25 bits per heavy atom. The van der Waals surface area contributed by atoms with E-state index in [2.05, 4.69) is 0 Å². The number of aliphatic carboxylic acids is 1. The maximum absolute atomic E-state index is 10.6.